The molecule has 0 radical (unpaired) electrons. The van der Waals surface area contributed by atoms with E-state index in [1.807, 2.05) is 24.3 Å². The first-order chi connectivity index (χ1) is 11.0. The Hall–Kier alpha value is -2.89. The fraction of sp³-hybridized carbons (Fsp3) is 0.235. The Morgan fingerprint density at radius 2 is 1.83 bits per heavy atom. The molecule has 0 aliphatic carbocycles. The summed E-state index contributed by atoms with van der Waals surface area (Å²) in [5.74, 6) is 0.655. The predicted octanol–water partition coefficient (Wildman–Crippen LogP) is 3.74. The summed E-state index contributed by atoms with van der Waals surface area (Å²) in [7, 11) is 0. The third-order valence-electron chi connectivity index (χ3n) is 3.26. The van der Waals surface area contributed by atoms with Crippen molar-refractivity contribution in [3.8, 4) is 5.75 Å². The number of hydrogen-bond acceptors (Lipinski definition) is 4. The van der Waals surface area contributed by atoms with Crippen LogP contribution >= 0.6 is 0 Å². The predicted molar refractivity (Wildman–Crippen MR) is 87.8 cm³/mol. The number of amides is 1. The van der Waals surface area contributed by atoms with Crippen LogP contribution < -0.4 is 10.1 Å². The number of hydrogen-bond donors (Lipinski definition) is 1. The molecule has 0 bridgehead atoms. The molecule has 0 heterocycles. The van der Waals surface area contributed by atoms with Crippen molar-refractivity contribution in [2.75, 3.05) is 11.9 Å². The van der Waals surface area contributed by atoms with Gasteiger partial charge in [0.2, 0.25) is 0 Å². The molecule has 6 heteroatoms. The first kappa shape index (κ1) is 16.5. The Morgan fingerprint density at radius 3 is 2.43 bits per heavy atom. The second kappa shape index (κ2) is 7.40. The topological polar surface area (TPSA) is 81.5 Å². The zero-order chi connectivity index (χ0) is 16.8. The van der Waals surface area contributed by atoms with Crippen LogP contribution in [-0.4, -0.2) is 17.4 Å². The number of non-ortho nitro benzene ring substituents is 1. The minimum Gasteiger partial charge on any atom is -0.483 e. The number of anilines is 1. The molecule has 0 saturated heterocycles. The molecule has 0 unspecified atom stereocenters. The second-order valence-corrected chi connectivity index (χ2v) is 5.33. The second-order valence-electron chi connectivity index (χ2n) is 5.33. The average molecular weight is 314 g/mol. The summed E-state index contributed by atoms with van der Waals surface area (Å²) in [5.41, 5.74) is 1.50. The lowest BCUT2D eigenvalue weighted by Crippen LogP contribution is -2.20. The van der Waals surface area contributed by atoms with Gasteiger partial charge in [-0.25, -0.2) is 0 Å². The first-order valence-corrected chi connectivity index (χ1v) is 7.23. The molecule has 0 aliphatic rings. The first-order valence-electron chi connectivity index (χ1n) is 7.23. The van der Waals surface area contributed by atoms with Gasteiger partial charge >= 0.3 is 0 Å². The number of carbonyl (C=O) groups excluding carboxylic acids is 1. The zero-order valence-electron chi connectivity index (χ0n) is 13.0. The van der Waals surface area contributed by atoms with Crippen LogP contribution in [0.2, 0.25) is 0 Å². The van der Waals surface area contributed by atoms with E-state index in [-0.39, 0.29) is 18.2 Å². The maximum absolute atomic E-state index is 11.9. The molecular weight excluding hydrogens is 296 g/mol. The molecule has 1 amide bonds. The molecule has 2 rings (SSSR count). The monoisotopic (exact) mass is 314 g/mol. The number of benzene rings is 2. The summed E-state index contributed by atoms with van der Waals surface area (Å²) < 4.78 is 5.57. The Balaban J connectivity index is 1.94. The van der Waals surface area contributed by atoms with Gasteiger partial charge in [0.15, 0.2) is 6.61 Å². The van der Waals surface area contributed by atoms with Crippen molar-refractivity contribution in [1.82, 2.24) is 0 Å². The van der Waals surface area contributed by atoms with Crippen molar-refractivity contribution < 1.29 is 14.5 Å². The molecule has 0 fully saturated rings. The number of nitro benzene ring substituents is 1. The smallest absolute Gasteiger partial charge is 0.269 e. The Bertz CT molecular complexity index is 696. The van der Waals surface area contributed by atoms with E-state index in [2.05, 4.69) is 19.2 Å². The standard InChI is InChI=1S/C17H18N2O4/c1-12(2)15-5-3-4-6-16(15)23-11-17(20)18-13-7-9-14(10-8-13)19(21)22/h3-10,12H,11H2,1-2H3,(H,18,20). The Morgan fingerprint density at radius 1 is 1.17 bits per heavy atom. The van der Waals surface area contributed by atoms with E-state index in [4.69, 9.17) is 4.74 Å². The summed E-state index contributed by atoms with van der Waals surface area (Å²) in [6, 6.07) is 13.2. The van der Waals surface area contributed by atoms with E-state index in [9.17, 15) is 14.9 Å². The fourth-order valence-corrected chi connectivity index (χ4v) is 2.10. The van der Waals surface area contributed by atoms with Crippen LogP contribution in [0.1, 0.15) is 25.3 Å². The number of para-hydroxylation sites is 1. The van der Waals surface area contributed by atoms with Crippen LogP contribution in [0.4, 0.5) is 11.4 Å². The maximum Gasteiger partial charge on any atom is 0.269 e. The van der Waals surface area contributed by atoms with Gasteiger partial charge in [-0.05, 0) is 29.7 Å². The van der Waals surface area contributed by atoms with Gasteiger partial charge in [-0.15, -0.1) is 0 Å². The lowest BCUT2D eigenvalue weighted by Gasteiger charge is -2.13. The average Bonchev–Trinajstić information content (AvgIpc) is 2.53. The highest BCUT2D eigenvalue weighted by atomic mass is 16.6. The summed E-state index contributed by atoms with van der Waals surface area (Å²) in [4.78, 5) is 22.0. The highest BCUT2D eigenvalue weighted by molar-refractivity contribution is 5.91. The summed E-state index contributed by atoms with van der Waals surface area (Å²) in [6.07, 6.45) is 0. The van der Waals surface area contributed by atoms with Crippen LogP contribution in [0.15, 0.2) is 48.5 Å². The third kappa shape index (κ3) is 4.54. The van der Waals surface area contributed by atoms with Gasteiger partial charge in [-0.3, -0.25) is 14.9 Å². The molecule has 1 N–H and O–H groups in total. The van der Waals surface area contributed by atoms with E-state index >= 15 is 0 Å². The molecule has 0 spiro atoms. The summed E-state index contributed by atoms with van der Waals surface area (Å²) in [6.45, 7) is 3.99. The maximum atomic E-state index is 11.9. The van der Waals surface area contributed by atoms with Gasteiger partial charge in [0.05, 0.1) is 4.92 Å². The lowest BCUT2D eigenvalue weighted by molar-refractivity contribution is -0.384. The highest BCUT2D eigenvalue weighted by Crippen LogP contribution is 2.25. The number of nitrogens with zero attached hydrogens (tertiary/aromatic N) is 1. The van der Waals surface area contributed by atoms with Gasteiger partial charge in [0, 0.05) is 17.8 Å². The Labute approximate surface area is 134 Å². The largest absolute Gasteiger partial charge is 0.483 e. The van der Waals surface area contributed by atoms with E-state index in [0.717, 1.165) is 5.56 Å². The zero-order valence-corrected chi connectivity index (χ0v) is 13.0. The van der Waals surface area contributed by atoms with E-state index < -0.39 is 4.92 Å². The van der Waals surface area contributed by atoms with E-state index in [1.165, 1.54) is 24.3 Å². The van der Waals surface area contributed by atoms with Gasteiger partial charge in [0.1, 0.15) is 5.75 Å². The minimum atomic E-state index is -0.489. The van der Waals surface area contributed by atoms with Crippen molar-refractivity contribution in [3.63, 3.8) is 0 Å². The molecule has 2 aromatic rings. The van der Waals surface area contributed by atoms with Crippen molar-refractivity contribution in [1.29, 1.82) is 0 Å². The molecule has 0 aromatic heterocycles. The quantitative estimate of drug-likeness (QED) is 0.650. The SMILES string of the molecule is CC(C)c1ccccc1OCC(=O)Nc1ccc([N+](=O)[O-])cc1. The lowest BCUT2D eigenvalue weighted by atomic mass is 10.0. The van der Waals surface area contributed by atoms with Gasteiger partial charge < -0.3 is 10.1 Å². The molecule has 0 saturated carbocycles. The van der Waals surface area contributed by atoms with Crippen LogP contribution in [-0.2, 0) is 4.79 Å². The molecule has 0 atom stereocenters. The highest BCUT2D eigenvalue weighted by Gasteiger charge is 2.10. The van der Waals surface area contributed by atoms with Gasteiger partial charge in [-0.2, -0.15) is 0 Å². The molecular formula is C17H18N2O4. The molecule has 23 heavy (non-hydrogen) atoms. The van der Waals surface area contributed by atoms with E-state index in [0.29, 0.717) is 17.4 Å². The summed E-state index contributed by atoms with van der Waals surface area (Å²) >= 11 is 0. The fourth-order valence-electron chi connectivity index (χ4n) is 2.10. The molecule has 2 aromatic carbocycles. The van der Waals surface area contributed by atoms with E-state index in [1.54, 1.807) is 0 Å². The Kier molecular flexibility index (Phi) is 5.30. The van der Waals surface area contributed by atoms with Crippen molar-refractivity contribution >= 4 is 17.3 Å². The molecule has 0 aliphatic heterocycles. The van der Waals surface area contributed by atoms with Gasteiger partial charge in [-0.1, -0.05) is 32.0 Å². The molecule has 6 nitrogen and oxygen atoms in total. The van der Waals surface area contributed by atoms with Crippen LogP contribution in [0.5, 0.6) is 5.75 Å². The normalized spacial score (nSPS) is 10.4. The summed E-state index contributed by atoms with van der Waals surface area (Å²) in [5, 5.41) is 13.2. The van der Waals surface area contributed by atoms with Crippen molar-refractivity contribution in [2.24, 2.45) is 0 Å². The minimum absolute atomic E-state index is 0.0230. The van der Waals surface area contributed by atoms with Gasteiger partial charge in [0.25, 0.3) is 11.6 Å². The molecule has 120 valence electrons. The van der Waals surface area contributed by atoms with Crippen LogP contribution in [0.3, 0.4) is 0 Å². The number of ether oxygens (including phenoxy) is 1. The van der Waals surface area contributed by atoms with Crippen molar-refractivity contribution in [3.05, 3.63) is 64.2 Å². The number of nitro groups is 1. The number of carbonyl (C=O) groups is 1. The van der Waals surface area contributed by atoms with Crippen LogP contribution in [0.25, 0.3) is 0 Å². The third-order valence-corrected chi connectivity index (χ3v) is 3.26. The van der Waals surface area contributed by atoms with Crippen molar-refractivity contribution in [2.45, 2.75) is 19.8 Å². The number of nitrogens with one attached hydrogen (secondary N) is 1. The van der Waals surface area contributed by atoms with Crippen LogP contribution in [0, 0.1) is 10.1 Å². The number of rotatable bonds is 6.